The summed E-state index contributed by atoms with van der Waals surface area (Å²) >= 11 is 3.34. The maximum atomic E-state index is 11.5. The molecule has 1 aromatic carbocycles. The summed E-state index contributed by atoms with van der Waals surface area (Å²) in [5.41, 5.74) is 1.18. The van der Waals surface area contributed by atoms with Crippen LogP contribution < -0.4 is 0 Å². The molecule has 78 valence electrons. The minimum atomic E-state index is -0.367. The number of aryl methyl sites for hydroxylation is 1. The fourth-order valence-electron chi connectivity index (χ4n) is 1.55. The molecule has 0 radical (unpaired) electrons. The van der Waals surface area contributed by atoms with Crippen LogP contribution >= 0.6 is 15.9 Å². The van der Waals surface area contributed by atoms with Gasteiger partial charge in [0.1, 0.15) is 16.9 Å². The van der Waals surface area contributed by atoms with Crippen molar-refractivity contribution in [2.45, 2.75) is 6.92 Å². The molecule has 15 heavy (non-hydrogen) atoms. The molecule has 0 spiro atoms. The lowest BCUT2D eigenvalue weighted by atomic mass is 10.1. The van der Waals surface area contributed by atoms with E-state index < -0.39 is 0 Å². The molecule has 0 saturated heterocycles. The molecular weight excluding hydrogens is 260 g/mol. The number of hydrogen-bond donors (Lipinski definition) is 0. The maximum Gasteiger partial charge on any atom is 0.342 e. The van der Waals surface area contributed by atoms with Crippen LogP contribution in [0.2, 0.25) is 0 Å². The highest BCUT2D eigenvalue weighted by Crippen LogP contribution is 2.28. The van der Waals surface area contributed by atoms with Crippen molar-refractivity contribution in [3.05, 3.63) is 34.0 Å². The van der Waals surface area contributed by atoms with Crippen LogP contribution in [0.15, 0.2) is 27.1 Å². The van der Waals surface area contributed by atoms with E-state index in [0.717, 1.165) is 9.86 Å². The Kier molecular flexibility index (Phi) is 2.52. The first-order valence-electron chi connectivity index (χ1n) is 4.40. The van der Waals surface area contributed by atoms with Crippen molar-refractivity contribution in [2.75, 3.05) is 7.11 Å². The van der Waals surface area contributed by atoms with Crippen LogP contribution in [0.25, 0.3) is 11.0 Å². The number of halogens is 1. The molecule has 2 rings (SSSR count). The third-order valence-electron chi connectivity index (χ3n) is 2.22. The van der Waals surface area contributed by atoms with Crippen LogP contribution in [-0.2, 0) is 4.74 Å². The van der Waals surface area contributed by atoms with E-state index in [4.69, 9.17) is 9.15 Å². The Morgan fingerprint density at radius 3 is 2.87 bits per heavy atom. The van der Waals surface area contributed by atoms with Gasteiger partial charge in [0.15, 0.2) is 0 Å². The van der Waals surface area contributed by atoms with Gasteiger partial charge in [0.2, 0.25) is 0 Å². The average Bonchev–Trinajstić information content (AvgIpc) is 2.52. The van der Waals surface area contributed by atoms with E-state index in [1.54, 1.807) is 6.92 Å². The van der Waals surface area contributed by atoms with E-state index in [-0.39, 0.29) is 5.97 Å². The van der Waals surface area contributed by atoms with Crippen LogP contribution in [0.1, 0.15) is 16.1 Å². The van der Waals surface area contributed by atoms with E-state index in [0.29, 0.717) is 16.9 Å². The van der Waals surface area contributed by atoms with E-state index in [2.05, 4.69) is 15.9 Å². The molecular formula is C11H9BrO3. The van der Waals surface area contributed by atoms with Gasteiger partial charge in [0, 0.05) is 9.86 Å². The van der Waals surface area contributed by atoms with Crippen molar-refractivity contribution in [1.29, 1.82) is 0 Å². The third kappa shape index (κ3) is 1.65. The molecule has 0 saturated carbocycles. The minimum absolute atomic E-state index is 0.367. The van der Waals surface area contributed by atoms with Crippen molar-refractivity contribution in [3.8, 4) is 0 Å². The van der Waals surface area contributed by atoms with Crippen molar-refractivity contribution >= 4 is 32.9 Å². The molecule has 0 fully saturated rings. The summed E-state index contributed by atoms with van der Waals surface area (Å²) < 4.78 is 11.1. The van der Waals surface area contributed by atoms with Gasteiger partial charge in [-0.1, -0.05) is 15.9 Å². The second-order valence-corrected chi connectivity index (χ2v) is 4.08. The molecule has 0 amide bonds. The molecule has 0 unspecified atom stereocenters. The van der Waals surface area contributed by atoms with Crippen molar-refractivity contribution in [3.63, 3.8) is 0 Å². The number of benzene rings is 1. The Labute approximate surface area is 95.1 Å². The molecule has 0 aliphatic carbocycles. The summed E-state index contributed by atoms with van der Waals surface area (Å²) in [6.45, 7) is 1.75. The van der Waals surface area contributed by atoms with Crippen LogP contribution in [0, 0.1) is 6.92 Å². The third-order valence-corrected chi connectivity index (χ3v) is 2.71. The smallest absolute Gasteiger partial charge is 0.342 e. The molecule has 0 aliphatic rings. The van der Waals surface area contributed by atoms with E-state index in [1.165, 1.54) is 7.11 Å². The van der Waals surface area contributed by atoms with Gasteiger partial charge in [-0.3, -0.25) is 0 Å². The molecule has 0 bridgehead atoms. The first-order valence-corrected chi connectivity index (χ1v) is 5.19. The average molecular weight is 269 g/mol. The highest BCUT2D eigenvalue weighted by Gasteiger charge is 2.18. The molecule has 2 aromatic rings. The first kappa shape index (κ1) is 10.2. The quantitative estimate of drug-likeness (QED) is 0.746. The van der Waals surface area contributed by atoms with Crippen LogP contribution in [0.5, 0.6) is 0 Å². The summed E-state index contributed by atoms with van der Waals surface area (Å²) in [7, 11) is 1.36. The van der Waals surface area contributed by atoms with E-state index >= 15 is 0 Å². The molecule has 3 nitrogen and oxygen atoms in total. The van der Waals surface area contributed by atoms with Gasteiger partial charge in [0.05, 0.1) is 7.11 Å². The van der Waals surface area contributed by atoms with Crippen molar-refractivity contribution < 1.29 is 13.9 Å². The van der Waals surface area contributed by atoms with Crippen molar-refractivity contribution in [1.82, 2.24) is 0 Å². The van der Waals surface area contributed by atoms with Gasteiger partial charge in [-0.15, -0.1) is 0 Å². The first-order chi connectivity index (χ1) is 7.13. The Morgan fingerprint density at radius 2 is 2.20 bits per heavy atom. The second kappa shape index (κ2) is 3.70. The monoisotopic (exact) mass is 268 g/mol. The summed E-state index contributed by atoms with van der Waals surface area (Å²) in [5, 5.41) is 0.780. The van der Waals surface area contributed by atoms with Gasteiger partial charge in [-0.25, -0.2) is 4.79 Å². The summed E-state index contributed by atoms with van der Waals surface area (Å²) in [4.78, 5) is 11.5. The lowest BCUT2D eigenvalue weighted by Crippen LogP contribution is -2.01. The number of carbonyl (C=O) groups excluding carboxylic acids is 1. The SMILES string of the molecule is COC(=O)c1c(C)oc2cc(Br)ccc12. The van der Waals surface area contributed by atoms with E-state index in [9.17, 15) is 4.79 Å². The Balaban J connectivity index is 2.73. The van der Waals surface area contributed by atoms with Crippen LogP contribution in [0.3, 0.4) is 0 Å². The van der Waals surface area contributed by atoms with Crippen LogP contribution in [-0.4, -0.2) is 13.1 Å². The lowest BCUT2D eigenvalue weighted by molar-refractivity contribution is 0.0601. The van der Waals surface area contributed by atoms with Gasteiger partial charge in [0.25, 0.3) is 0 Å². The van der Waals surface area contributed by atoms with Crippen molar-refractivity contribution in [2.24, 2.45) is 0 Å². The number of methoxy groups -OCH3 is 1. The number of esters is 1. The van der Waals surface area contributed by atoms with Gasteiger partial charge in [-0.05, 0) is 25.1 Å². The zero-order chi connectivity index (χ0) is 11.0. The number of furan rings is 1. The second-order valence-electron chi connectivity index (χ2n) is 3.17. The highest BCUT2D eigenvalue weighted by molar-refractivity contribution is 9.10. The largest absolute Gasteiger partial charge is 0.465 e. The number of hydrogen-bond acceptors (Lipinski definition) is 3. The fraction of sp³-hybridized carbons (Fsp3) is 0.182. The molecule has 0 N–H and O–H groups in total. The fourth-order valence-corrected chi connectivity index (χ4v) is 1.89. The number of carbonyl (C=O) groups is 1. The summed E-state index contributed by atoms with van der Waals surface area (Å²) in [6.07, 6.45) is 0. The number of rotatable bonds is 1. The lowest BCUT2D eigenvalue weighted by Gasteiger charge is -1.96. The molecule has 4 heteroatoms. The van der Waals surface area contributed by atoms with Gasteiger partial charge >= 0.3 is 5.97 Å². The number of fused-ring (bicyclic) bond motifs is 1. The molecule has 1 aromatic heterocycles. The normalized spacial score (nSPS) is 10.6. The summed E-state index contributed by atoms with van der Waals surface area (Å²) in [5.74, 6) is 0.212. The Bertz CT molecular complexity index is 528. The predicted molar refractivity (Wildman–Crippen MR) is 60.0 cm³/mol. The predicted octanol–water partition coefficient (Wildman–Crippen LogP) is 3.29. The number of ether oxygens (including phenoxy) is 1. The molecule has 0 atom stereocenters. The van der Waals surface area contributed by atoms with Crippen LogP contribution in [0.4, 0.5) is 0 Å². The topological polar surface area (TPSA) is 39.4 Å². The Morgan fingerprint density at radius 1 is 1.47 bits per heavy atom. The highest BCUT2D eigenvalue weighted by atomic mass is 79.9. The zero-order valence-corrected chi connectivity index (χ0v) is 9.92. The van der Waals surface area contributed by atoms with E-state index in [1.807, 2.05) is 18.2 Å². The standard InChI is InChI=1S/C11H9BrO3/c1-6-10(11(13)14-2)8-4-3-7(12)5-9(8)15-6/h3-5H,1-2H3. The minimum Gasteiger partial charge on any atom is -0.465 e. The maximum absolute atomic E-state index is 11.5. The summed E-state index contributed by atoms with van der Waals surface area (Å²) in [6, 6.07) is 5.53. The van der Waals surface area contributed by atoms with Gasteiger partial charge in [-0.2, -0.15) is 0 Å². The zero-order valence-electron chi connectivity index (χ0n) is 8.33. The van der Waals surface area contributed by atoms with Gasteiger partial charge < -0.3 is 9.15 Å². The molecule has 0 aliphatic heterocycles. The molecule has 1 heterocycles. The Hall–Kier alpha value is -1.29.